The highest BCUT2D eigenvalue weighted by Gasteiger charge is 2.61. The SMILES string of the molecule is OC1(C(F)(F)F)CN(c2ccc(C3CNC3)cn2)C1. The molecule has 1 aromatic heterocycles. The Kier molecular flexibility index (Phi) is 2.72. The molecule has 0 aliphatic carbocycles. The maximum Gasteiger partial charge on any atom is 0.420 e. The van der Waals surface area contributed by atoms with E-state index in [-0.39, 0.29) is 0 Å². The Hall–Kier alpha value is -1.34. The highest BCUT2D eigenvalue weighted by Crippen LogP contribution is 2.39. The number of pyridine rings is 1. The molecule has 2 aliphatic rings. The van der Waals surface area contributed by atoms with Gasteiger partial charge in [0.1, 0.15) is 5.82 Å². The average Bonchev–Trinajstić information content (AvgIpc) is 2.22. The first-order valence-electron chi connectivity index (χ1n) is 6.10. The first kappa shape index (κ1) is 12.7. The van der Waals surface area contributed by atoms with Crippen LogP contribution in [0.1, 0.15) is 11.5 Å². The second-order valence-corrected chi connectivity index (χ2v) is 5.19. The number of β-amino-alcohol motifs (C(OH)–C–C–N with tert-alkyl or cyclic N) is 1. The molecule has 7 heteroatoms. The van der Waals surface area contributed by atoms with Crippen LogP contribution in [-0.2, 0) is 0 Å². The fourth-order valence-corrected chi connectivity index (χ4v) is 2.28. The molecule has 0 radical (unpaired) electrons. The monoisotopic (exact) mass is 273 g/mol. The summed E-state index contributed by atoms with van der Waals surface area (Å²) in [6.07, 6.45) is -2.88. The Balaban J connectivity index is 1.65. The van der Waals surface area contributed by atoms with Gasteiger partial charge in [0, 0.05) is 25.2 Å². The minimum Gasteiger partial charge on any atom is -0.378 e. The van der Waals surface area contributed by atoms with Gasteiger partial charge in [0.2, 0.25) is 0 Å². The first-order valence-corrected chi connectivity index (χ1v) is 6.10. The van der Waals surface area contributed by atoms with E-state index in [1.165, 1.54) is 4.90 Å². The van der Waals surface area contributed by atoms with Gasteiger partial charge in [-0.15, -0.1) is 0 Å². The molecule has 0 saturated carbocycles. The summed E-state index contributed by atoms with van der Waals surface area (Å²) >= 11 is 0. The smallest absolute Gasteiger partial charge is 0.378 e. The topological polar surface area (TPSA) is 48.4 Å². The van der Waals surface area contributed by atoms with E-state index in [1.54, 1.807) is 12.3 Å². The number of aromatic nitrogens is 1. The van der Waals surface area contributed by atoms with Crippen LogP contribution in [0.3, 0.4) is 0 Å². The van der Waals surface area contributed by atoms with Crippen LogP contribution in [0.2, 0.25) is 0 Å². The molecular formula is C12H14F3N3O. The number of hydrogen-bond acceptors (Lipinski definition) is 4. The molecule has 1 aromatic rings. The van der Waals surface area contributed by atoms with Crippen LogP contribution in [0, 0.1) is 0 Å². The molecule has 0 unspecified atom stereocenters. The van der Waals surface area contributed by atoms with E-state index < -0.39 is 24.9 Å². The van der Waals surface area contributed by atoms with E-state index in [4.69, 9.17) is 0 Å². The third-order valence-electron chi connectivity index (χ3n) is 3.78. The summed E-state index contributed by atoms with van der Waals surface area (Å²) in [5, 5.41) is 12.5. The average molecular weight is 273 g/mol. The van der Waals surface area contributed by atoms with Crippen LogP contribution in [0.25, 0.3) is 0 Å². The lowest BCUT2D eigenvalue weighted by Gasteiger charge is -2.47. The second-order valence-electron chi connectivity index (χ2n) is 5.19. The van der Waals surface area contributed by atoms with E-state index in [2.05, 4.69) is 10.3 Å². The largest absolute Gasteiger partial charge is 0.420 e. The molecule has 104 valence electrons. The molecule has 3 rings (SSSR count). The summed E-state index contributed by atoms with van der Waals surface area (Å²) in [5.74, 6) is 0.926. The summed E-state index contributed by atoms with van der Waals surface area (Å²) in [6.45, 7) is 0.929. The molecule has 0 aromatic carbocycles. The Bertz CT molecular complexity index is 464. The van der Waals surface area contributed by atoms with Gasteiger partial charge in [-0.25, -0.2) is 4.98 Å². The molecule has 0 bridgehead atoms. The maximum absolute atomic E-state index is 12.5. The number of nitrogens with one attached hydrogen (secondary N) is 1. The van der Waals surface area contributed by atoms with E-state index >= 15 is 0 Å². The van der Waals surface area contributed by atoms with Crippen molar-refractivity contribution in [2.75, 3.05) is 31.1 Å². The van der Waals surface area contributed by atoms with Crippen molar-refractivity contribution in [1.29, 1.82) is 0 Å². The number of halogens is 3. The Morgan fingerprint density at radius 3 is 2.42 bits per heavy atom. The Labute approximate surface area is 108 Å². The minimum atomic E-state index is -4.58. The van der Waals surface area contributed by atoms with Crippen molar-refractivity contribution in [2.45, 2.75) is 17.7 Å². The predicted molar refractivity (Wildman–Crippen MR) is 63.1 cm³/mol. The molecule has 4 nitrogen and oxygen atoms in total. The molecule has 3 heterocycles. The van der Waals surface area contributed by atoms with Crippen LogP contribution in [-0.4, -0.2) is 48.0 Å². The zero-order valence-electron chi connectivity index (χ0n) is 10.1. The van der Waals surface area contributed by atoms with Crippen LogP contribution in [0.4, 0.5) is 19.0 Å². The number of hydrogen-bond donors (Lipinski definition) is 2. The molecule has 2 fully saturated rings. The Morgan fingerprint density at radius 2 is 2.00 bits per heavy atom. The molecule has 19 heavy (non-hydrogen) atoms. The Morgan fingerprint density at radius 1 is 1.32 bits per heavy atom. The van der Waals surface area contributed by atoms with E-state index in [9.17, 15) is 18.3 Å². The summed E-state index contributed by atoms with van der Waals surface area (Å²) < 4.78 is 37.5. The van der Waals surface area contributed by atoms with Gasteiger partial charge in [-0.3, -0.25) is 0 Å². The molecule has 2 saturated heterocycles. The highest BCUT2D eigenvalue weighted by atomic mass is 19.4. The summed E-state index contributed by atoms with van der Waals surface area (Å²) in [4.78, 5) is 5.60. The van der Waals surface area contributed by atoms with Gasteiger partial charge >= 0.3 is 6.18 Å². The molecule has 0 spiro atoms. The van der Waals surface area contributed by atoms with Gasteiger partial charge in [0.15, 0.2) is 5.60 Å². The number of rotatable bonds is 2. The molecule has 0 amide bonds. The van der Waals surface area contributed by atoms with Crippen LogP contribution < -0.4 is 10.2 Å². The molecule has 2 N–H and O–H groups in total. The maximum atomic E-state index is 12.5. The summed E-state index contributed by atoms with van der Waals surface area (Å²) in [7, 11) is 0. The molecule has 0 atom stereocenters. The zero-order valence-corrected chi connectivity index (χ0v) is 10.1. The van der Waals surface area contributed by atoms with Gasteiger partial charge < -0.3 is 15.3 Å². The van der Waals surface area contributed by atoms with Gasteiger partial charge in [-0.05, 0) is 11.6 Å². The van der Waals surface area contributed by atoms with Crippen molar-refractivity contribution < 1.29 is 18.3 Å². The van der Waals surface area contributed by atoms with E-state index in [0.717, 1.165) is 18.7 Å². The van der Waals surface area contributed by atoms with Gasteiger partial charge in [0.05, 0.1) is 13.1 Å². The zero-order chi connectivity index (χ0) is 13.7. The first-order chi connectivity index (χ1) is 8.89. The summed E-state index contributed by atoms with van der Waals surface area (Å²) in [6, 6.07) is 3.60. The second kappa shape index (κ2) is 4.08. The van der Waals surface area contributed by atoms with Crippen molar-refractivity contribution in [2.24, 2.45) is 0 Å². The van der Waals surface area contributed by atoms with Crippen LogP contribution >= 0.6 is 0 Å². The molecular weight excluding hydrogens is 259 g/mol. The number of alkyl halides is 3. The fourth-order valence-electron chi connectivity index (χ4n) is 2.28. The van der Waals surface area contributed by atoms with E-state index in [1.807, 2.05) is 6.07 Å². The van der Waals surface area contributed by atoms with Crippen molar-refractivity contribution in [3.05, 3.63) is 23.9 Å². The lowest BCUT2D eigenvalue weighted by Crippen LogP contribution is -2.69. The van der Waals surface area contributed by atoms with Crippen LogP contribution in [0.15, 0.2) is 18.3 Å². The summed E-state index contributed by atoms with van der Waals surface area (Å²) in [5.41, 5.74) is -1.50. The number of anilines is 1. The van der Waals surface area contributed by atoms with Gasteiger partial charge in [0.25, 0.3) is 0 Å². The lowest BCUT2D eigenvalue weighted by molar-refractivity contribution is -0.267. The third-order valence-corrected chi connectivity index (χ3v) is 3.78. The quantitative estimate of drug-likeness (QED) is 0.840. The van der Waals surface area contributed by atoms with E-state index in [0.29, 0.717) is 11.7 Å². The minimum absolute atomic E-state index is 0.449. The lowest BCUT2D eigenvalue weighted by atomic mass is 9.93. The van der Waals surface area contributed by atoms with Crippen molar-refractivity contribution in [3.8, 4) is 0 Å². The predicted octanol–water partition coefficient (Wildman–Crippen LogP) is 0.882. The van der Waals surface area contributed by atoms with Gasteiger partial charge in [-0.1, -0.05) is 6.07 Å². The van der Waals surface area contributed by atoms with Crippen LogP contribution in [0.5, 0.6) is 0 Å². The van der Waals surface area contributed by atoms with Crippen molar-refractivity contribution in [1.82, 2.24) is 10.3 Å². The number of nitrogens with zero attached hydrogens (tertiary/aromatic N) is 2. The standard InChI is InChI=1S/C12H14F3N3O/c13-12(14,15)11(19)6-18(7-11)10-2-1-8(5-17-10)9-3-16-4-9/h1-2,5,9,16,19H,3-4,6-7H2. The van der Waals surface area contributed by atoms with Crippen molar-refractivity contribution >= 4 is 5.82 Å². The van der Waals surface area contributed by atoms with Crippen molar-refractivity contribution in [3.63, 3.8) is 0 Å². The number of aliphatic hydroxyl groups is 1. The highest BCUT2D eigenvalue weighted by molar-refractivity contribution is 5.45. The third kappa shape index (κ3) is 2.06. The molecule has 2 aliphatic heterocycles. The normalized spacial score (nSPS) is 22.8. The van der Waals surface area contributed by atoms with Gasteiger partial charge in [-0.2, -0.15) is 13.2 Å². The fraction of sp³-hybridized carbons (Fsp3) is 0.583.